The van der Waals surface area contributed by atoms with Crippen LogP contribution in [0.3, 0.4) is 0 Å². The number of H-pyrrole nitrogens is 1. The minimum absolute atomic E-state index is 0.159. The zero-order valence-corrected chi connectivity index (χ0v) is 13.2. The molecule has 3 aromatic rings. The van der Waals surface area contributed by atoms with Crippen molar-refractivity contribution in [2.45, 2.75) is 33.1 Å². The van der Waals surface area contributed by atoms with Gasteiger partial charge in [-0.2, -0.15) is 4.98 Å². The zero-order chi connectivity index (χ0) is 16.2. The number of aromatic nitrogens is 4. The molecular weight excluding hydrogens is 292 g/mol. The van der Waals surface area contributed by atoms with Crippen molar-refractivity contribution in [3.8, 4) is 11.5 Å². The van der Waals surface area contributed by atoms with Gasteiger partial charge in [0.2, 0.25) is 5.56 Å². The summed E-state index contributed by atoms with van der Waals surface area (Å²) >= 11 is 0. The normalized spacial score (nSPS) is 10.9. The molecule has 0 spiro atoms. The lowest BCUT2D eigenvalue weighted by Gasteiger charge is -2.01. The Hall–Kier alpha value is -2.76. The van der Waals surface area contributed by atoms with E-state index in [4.69, 9.17) is 4.52 Å². The molecule has 0 amide bonds. The zero-order valence-electron chi connectivity index (χ0n) is 13.2. The molecule has 3 rings (SSSR count). The molecule has 6 nitrogen and oxygen atoms in total. The molecule has 0 bridgehead atoms. The second-order valence-corrected chi connectivity index (χ2v) is 5.50. The van der Waals surface area contributed by atoms with Crippen LogP contribution in [0.5, 0.6) is 0 Å². The molecule has 3 aromatic heterocycles. The topological polar surface area (TPSA) is 84.7 Å². The summed E-state index contributed by atoms with van der Waals surface area (Å²) in [5, 5.41) is 4.01. The fourth-order valence-electron chi connectivity index (χ4n) is 2.42. The first-order chi connectivity index (χ1) is 11.2. The van der Waals surface area contributed by atoms with Gasteiger partial charge < -0.3 is 9.51 Å². The fraction of sp³-hybridized carbons (Fsp3) is 0.294. The number of nitrogens with zero attached hydrogens (tertiary/aromatic N) is 3. The van der Waals surface area contributed by atoms with E-state index in [9.17, 15) is 4.79 Å². The molecule has 0 radical (unpaired) electrons. The van der Waals surface area contributed by atoms with Crippen LogP contribution < -0.4 is 5.56 Å². The van der Waals surface area contributed by atoms with Gasteiger partial charge in [-0.1, -0.05) is 18.5 Å². The van der Waals surface area contributed by atoms with Gasteiger partial charge in [-0.25, -0.2) is 0 Å². The molecule has 6 heteroatoms. The van der Waals surface area contributed by atoms with Crippen LogP contribution in [0.2, 0.25) is 0 Å². The highest BCUT2D eigenvalue weighted by atomic mass is 16.5. The Bertz CT molecular complexity index is 867. The molecule has 1 N–H and O–H groups in total. The first-order valence-electron chi connectivity index (χ1n) is 7.61. The Morgan fingerprint density at radius 2 is 2.17 bits per heavy atom. The SMILES string of the molecule is CCCc1cc(-c2nc(Cc3cnccc3C)no2)cc(=O)[nH]1. The van der Waals surface area contributed by atoms with Crippen LogP contribution in [0.1, 0.15) is 36.0 Å². The average molecular weight is 310 g/mol. The van der Waals surface area contributed by atoms with E-state index in [0.29, 0.717) is 23.7 Å². The van der Waals surface area contributed by atoms with E-state index in [1.54, 1.807) is 12.4 Å². The van der Waals surface area contributed by atoms with Crippen LogP contribution in [0, 0.1) is 6.92 Å². The van der Waals surface area contributed by atoms with Crippen molar-refractivity contribution in [2.24, 2.45) is 0 Å². The maximum Gasteiger partial charge on any atom is 0.258 e. The predicted molar refractivity (Wildman–Crippen MR) is 86.1 cm³/mol. The summed E-state index contributed by atoms with van der Waals surface area (Å²) in [7, 11) is 0. The molecule has 0 aliphatic rings. The smallest absolute Gasteiger partial charge is 0.258 e. The average Bonchev–Trinajstić information content (AvgIpc) is 2.98. The number of hydrogen-bond donors (Lipinski definition) is 1. The minimum Gasteiger partial charge on any atom is -0.334 e. The van der Waals surface area contributed by atoms with E-state index in [0.717, 1.165) is 29.7 Å². The van der Waals surface area contributed by atoms with Gasteiger partial charge in [0.25, 0.3) is 5.89 Å². The van der Waals surface area contributed by atoms with Crippen molar-refractivity contribution in [1.29, 1.82) is 0 Å². The molecular formula is C17H18N4O2. The van der Waals surface area contributed by atoms with Gasteiger partial charge in [-0.3, -0.25) is 9.78 Å². The van der Waals surface area contributed by atoms with Crippen molar-refractivity contribution >= 4 is 0 Å². The quantitative estimate of drug-likeness (QED) is 0.783. The number of rotatable bonds is 5. The summed E-state index contributed by atoms with van der Waals surface area (Å²) in [5.41, 5.74) is 3.55. The molecule has 0 atom stereocenters. The van der Waals surface area contributed by atoms with Crippen molar-refractivity contribution in [3.05, 3.63) is 63.6 Å². The number of pyridine rings is 2. The van der Waals surface area contributed by atoms with Crippen molar-refractivity contribution in [1.82, 2.24) is 20.1 Å². The van der Waals surface area contributed by atoms with Crippen LogP contribution in [0.25, 0.3) is 11.5 Å². The van der Waals surface area contributed by atoms with Crippen LogP contribution in [-0.2, 0) is 12.8 Å². The van der Waals surface area contributed by atoms with Crippen LogP contribution in [0.4, 0.5) is 0 Å². The molecule has 0 aliphatic heterocycles. The van der Waals surface area contributed by atoms with E-state index in [-0.39, 0.29) is 5.56 Å². The van der Waals surface area contributed by atoms with Gasteiger partial charge >= 0.3 is 0 Å². The van der Waals surface area contributed by atoms with Crippen LogP contribution >= 0.6 is 0 Å². The molecule has 0 unspecified atom stereocenters. The first kappa shape index (κ1) is 15.1. The highest BCUT2D eigenvalue weighted by molar-refractivity contribution is 5.52. The van der Waals surface area contributed by atoms with Gasteiger partial charge in [0.1, 0.15) is 0 Å². The maximum atomic E-state index is 11.7. The Morgan fingerprint density at radius 3 is 2.96 bits per heavy atom. The van der Waals surface area contributed by atoms with E-state index >= 15 is 0 Å². The van der Waals surface area contributed by atoms with Gasteiger partial charge in [-0.15, -0.1) is 0 Å². The van der Waals surface area contributed by atoms with Gasteiger partial charge in [-0.05, 0) is 36.6 Å². The van der Waals surface area contributed by atoms with Gasteiger partial charge in [0.05, 0.1) is 0 Å². The lowest BCUT2D eigenvalue weighted by molar-refractivity contribution is 0.423. The molecule has 3 heterocycles. The summed E-state index contributed by atoms with van der Waals surface area (Å²) in [6, 6.07) is 5.31. The largest absolute Gasteiger partial charge is 0.334 e. The summed E-state index contributed by atoms with van der Waals surface area (Å²) in [6.45, 7) is 4.08. The third-order valence-electron chi connectivity index (χ3n) is 3.63. The Balaban J connectivity index is 1.87. The molecule has 0 aromatic carbocycles. The van der Waals surface area contributed by atoms with E-state index in [1.165, 1.54) is 6.07 Å². The summed E-state index contributed by atoms with van der Waals surface area (Å²) in [6.07, 6.45) is 5.87. The van der Waals surface area contributed by atoms with Crippen LogP contribution in [0.15, 0.2) is 39.9 Å². The summed E-state index contributed by atoms with van der Waals surface area (Å²) in [4.78, 5) is 23.1. The van der Waals surface area contributed by atoms with Gasteiger partial charge in [0, 0.05) is 36.1 Å². The first-order valence-corrected chi connectivity index (χ1v) is 7.61. The van der Waals surface area contributed by atoms with E-state index in [2.05, 4.69) is 27.0 Å². The third-order valence-corrected chi connectivity index (χ3v) is 3.63. The third kappa shape index (κ3) is 3.53. The molecule has 118 valence electrons. The second-order valence-electron chi connectivity index (χ2n) is 5.50. The molecule has 23 heavy (non-hydrogen) atoms. The second kappa shape index (κ2) is 6.56. The predicted octanol–water partition coefficient (Wildman–Crippen LogP) is 2.67. The number of nitrogens with one attached hydrogen (secondary N) is 1. The van der Waals surface area contributed by atoms with Crippen LogP contribution in [-0.4, -0.2) is 20.1 Å². The summed E-state index contributed by atoms with van der Waals surface area (Å²) < 4.78 is 5.32. The molecule has 0 fully saturated rings. The van der Waals surface area contributed by atoms with E-state index in [1.807, 2.05) is 19.1 Å². The lowest BCUT2D eigenvalue weighted by atomic mass is 10.1. The fourth-order valence-corrected chi connectivity index (χ4v) is 2.42. The highest BCUT2D eigenvalue weighted by Gasteiger charge is 2.12. The van der Waals surface area contributed by atoms with Crippen molar-refractivity contribution in [3.63, 3.8) is 0 Å². The molecule has 0 aliphatic carbocycles. The van der Waals surface area contributed by atoms with E-state index < -0.39 is 0 Å². The standard InChI is InChI=1S/C17H18N4O2/c1-3-4-14-7-12(9-16(22)19-14)17-20-15(21-23-17)8-13-10-18-6-5-11(13)2/h5-7,9-10H,3-4,8H2,1-2H3,(H,19,22). The number of aromatic amines is 1. The molecule has 0 saturated heterocycles. The van der Waals surface area contributed by atoms with Crippen molar-refractivity contribution < 1.29 is 4.52 Å². The monoisotopic (exact) mass is 310 g/mol. The highest BCUT2D eigenvalue weighted by Crippen LogP contribution is 2.18. The number of aryl methyl sites for hydroxylation is 2. The Morgan fingerprint density at radius 1 is 1.30 bits per heavy atom. The maximum absolute atomic E-state index is 11.7. The van der Waals surface area contributed by atoms with Crippen molar-refractivity contribution in [2.75, 3.05) is 0 Å². The lowest BCUT2D eigenvalue weighted by Crippen LogP contribution is -2.08. The Labute approximate surface area is 133 Å². The number of hydrogen-bond acceptors (Lipinski definition) is 5. The Kier molecular flexibility index (Phi) is 4.32. The summed E-state index contributed by atoms with van der Waals surface area (Å²) in [5.74, 6) is 0.943. The molecule has 0 saturated carbocycles. The minimum atomic E-state index is -0.159. The van der Waals surface area contributed by atoms with Gasteiger partial charge in [0.15, 0.2) is 5.82 Å².